The Balaban J connectivity index is 1.76. The van der Waals surface area contributed by atoms with Crippen molar-refractivity contribution in [3.63, 3.8) is 0 Å². The molecule has 1 aliphatic carbocycles. The molecule has 2 fully saturated rings. The van der Waals surface area contributed by atoms with Crippen LogP contribution in [0.4, 0.5) is 5.82 Å². The number of halogens is 1. The predicted octanol–water partition coefficient (Wildman–Crippen LogP) is 2.41. The number of rotatable bonds is 1. The van der Waals surface area contributed by atoms with Crippen molar-refractivity contribution in [1.29, 1.82) is 0 Å². The minimum Gasteiger partial charge on any atom is -0.356 e. The van der Waals surface area contributed by atoms with Crippen LogP contribution in [0.25, 0.3) is 0 Å². The molecule has 0 radical (unpaired) electrons. The highest BCUT2D eigenvalue weighted by molar-refractivity contribution is 9.10. The van der Waals surface area contributed by atoms with Crippen molar-refractivity contribution in [2.24, 2.45) is 17.6 Å². The molecule has 92 valence electrons. The zero-order valence-electron chi connectivity index (χ0n) is 9.85. The van der Waals surface area contributed by atoms with E-state index >= 15 is 0 Å². The Morgan fingerprint density at radius 2 is 2.18 bits per heavy atom. The standard InChI is InChI=1S/C13H18BrN3/c14-10-4-5-13(16-6-10)17-7-9-2-1-3-12(15)11(9)8-17/h4-6,9,11-12H,1-3,7-8,15H2. The molecule has 3 nitrogen and oxygen atoms in total. The summed E-state index contributed by atoms with van der Waals surface area (Å²) in [7, 11) is 0. The molecule has 1 saturated heterocycles. The average molecular weight is 296 g/mol. The monoisotopic (exact) mass is 295 g/mol. The third kappa shape index (κ3) is 2.20. The lowest BCUT2D eigenvalue weighted by Gasteiger charge is -2.29. The van der Waals surface area contributed by atoms with Gasteiger partial charge in [-0.2, -0.15) is 0 Å². The highest BCUT2D eigenvalue weighted by Crippen LogP contribution is 2.37. The lowest BCUT2D eigenvalue weighted by Crippen LogP contribution is -2.38. The first kappa shape index (κ1) is 11.5. The summed E-state index contributed by atoms with van der Waals surface area (Å²) in [5.74, 6) is 2.55. The molecule has 0 spiro atoms. The van der Waals surface area contributed by atoms with Crippen LogP contribution in [0.1, 0.15) is 19.3 Å². The Morgan fingerprint density at radius 3 is 2.88 bits per heavy atom. The number of fused-ring (bicyclic) bond motifs is 1. The number of pyridine rings is 1. The third-order valence-corrected chi connectivity index (χ3v) is 4.66. The molecule has 2 heterocycles. The molecule has 1 aromatic rings. The second kappa shape index (κ2) is 4.58. The molecule has 1 aromatic heterocycles. The first-order valence-electron chi connectivity index (χ1n) is 6.36. The first-order valence-corrected chi connectivity index (χ1v) is 7.15. The van der Waals surface area contributed by atoms with Crippen LogP contribution in [0.5, 0.6) is 0 Å². The number of hydrogen-bond acceptors (Lipinski definition) is 3. The Kier molecular flexibility index (Phi) is 3.09. The molecule has 4 heteroatoms. The van der Waals surface area contributed by atoms with Gasteiger partial charge >= 0.3 is 0 Å². The number of nitrogens with zero attached hydrogens (tertiary/aromatic N) is 2. The minimum atomic E-state index is 0.397. The first-order chi connectivity index (χ1) is 8.24. The second-order valence-corrected chi connectivity index (χ2v) is 6.17. The highest BCUT2D eigenvalue weighted by atomic mass is 79.9. The van der Waals surface area contributed by atoms with Crippen LogP contribution in [-0.2, 0) is 0 Å². The molecular weight excluding hydrogens is 278 g/mol. The maximum absolute atomic E-state index is 6.23. The number of hydrogen-bond donors (Lipinski definition) is 1. The van der Waals surface area contributed by atoms with Crippen molar-refractivity contribution >= 4 is 21.7 Å². The number of aromatic nitrogens is 1. The van der Waals surface area contributed by atoms with Gasteiger partial charge in [-0.25, -0.2) is 4.98 Å². The van der Waals surface area contributed by atoms with Gasteiger partial charge in [0.25, 0.3) is 0 Å². The molecule has 3 unspecified atom stereocenters. The third-order valence-electron chi connectivity index (χ3n) is 4.19. The van der Waals surface area contributed by atoms with Crippen molar-refractivity contribution in [2.45, 2.75) is 25.3 Å². The van der Waals surface area contributed by atoms with Crippen molar-refractivity contribution in [3.8, 4) is 0 Å². The van der Waals surface area contributed by atoms with Gasteiger partial charge in [-0.1, -0.05) is 6.42 Å². The van der Waals surface area contributed by atoms with E-state index in [0.717, 1.165) is 29.3 Å². The zero-order chi connectivity index (χ0) is 11.8. The smallest absolute Gasteiger partial charge is 0.128 e. The highest BCUT2D eigenvalue weighted by Gasteiger charge is 2.38. The summed E-state index contributed by atoms with van der Waals surface area (Å²) in [5.41, 5.74) is 6.23. The Labute approximate surface area is 111 Å². The molecule has 1 saturated carbocycles. The van der Waals surface area contributed by atoms with E-state index in [4.69, 9.17) is 5.73 Å². The second-order valence-electron chi connectivity index (χ2n) is 5.26. The van der Waals surface area contributed by atoms with Crippen LogP contribution < -0.4 is 10.6 Å². The summed E-state index contributed by atoms with van der Waals surface area (Å²) in [6, 6.07) is 4.55. The molecular formula is C13H18BrN3. The maximum Gasteiger partial charge on any atom is 0.128 e. The van der Waals surface area contributed by atoms with Gasteiger partial charge in [-0.3, -0.25) is 0 Å². The van der Waals surface area contributed by atoms with E-state index in [-0.39, 0.29) is 0 Å². The van der Waals surface area contributed by atoms with Crippen molar-refractivity contribution in [1.82, 2.24) is 4.98 Å². The fourth-order valence-electron chi connectivity index (χ4n) is 3.26. The lowest BCUT2D eigenvalue weighted by atomic mass is 9.78. The number of nitrogens with two attached hydrogens (primary N) is 1. The summed E-state index contributed by atoms with van der Waals surface area (Å²) in [4.78, 5) is 6.88. The molecule has 3 rings (SSSR count). The Morgan fingerprint density at radius 1 is 1.29 bits per heavy atom. The van der Waals surface area contributed by atoms with E-state index in [1.165, 1.54) is 19.3 Å². The maximum atomic E-state index is 6.23. The molecule has 2 N–H and O–H groups in total. The summed E-state index contributed by atoms with van der Waals surface area (Å²) >= 11 is 3.42. The average Bonchev–Trinajstić information content (AvgIpc) is 2.75. The van der Waals surface area contributed by atoms with Crippen molar-refractivity contribution in [3.05, 3.63) is 22.8 Å². The number of anilines is 1. The van der Waals surface area contributed by atoms with E-state index < -0.39 is 0 Å². The van der Waals surface area contributed by atoms with Gasteiger partial charge in [-0.15, -0.1) is 0 Å². The molecule has 17 heavy (non-hydrogen) atoms. The zero-order valence-corrected chi connectivity index (χ0v) is 11.4. The SMILES string of the molecule is NC1CCCC2CN(c3ccc(Br)cn3)CC12. The summed E-state index contributed by atoms with van der Waals surface area (Å²) in [6.07, 6.45) is 5.70. The van der Waals surface area contributed by atoms with Crippen LogP contribution >= 0.6 is 15.9 Å². The molecule has 2 aliphatic rings. The molecule has 0 aromatic carbocycles. The van der Waals surface area contributed by atoms with Crippen LogP contribution in [-0.4, -0.2) is 24.1 Å². The Hall–Kier alpha value is -0.610. The van der Waals surface area contributed by atoms with E-state index in [9.17, 15) is 0 Å². The lowest BCUT2D eigenvalue weighted by molar-refractivity contribution is 0.260. The van der Waals surface area contributed by atoms with Gasteiger partial charge in [0.05, 0.1) is 0 Å². The summed E-state index contributed by atoms with van der Waals surface area (Å²) in [6.45, 7) is 2.22. The molecule has 0 bridgehead atoms. The van der Waals surface area contributed by atoms with Crippen molar-refractivity contribution in [2.75, 3.05) is 18.0 Å². The van der Waals surface area contributed by atoms with Gasteiger partial charge in [0.2, 0.25) is 0 Å². The van der Waals surface area contributed by atoms with E-state index in [1.54, 1.807) is 0 Å². The largest absolute Gasteiger partial charge is 0.356 e. The fourth-order valence-corrected chi connectivity index (χ4v) is 3.49. The van der Waals surface area contributed by atoms with E-state index in [0.29, 0.717) is 12.0 Å². The van der Waals surface area contributed by atoms with Gasteiger partial charge < -0.3 is 10.6 Å². The topological polar surface area (TPSA) is 42.1 Å². The van der Waals surface area contributed by atoms with Gasteiger partial charge in [-0.05, 0) is 52.7 Å². The normalized spacial score (nSPS) is 32.6. The van der Waals surface area contributed by atoms with Crippen LogP contribution in [0, 0.1) is 11.8 Å². The predicted molar refractivity (Wildman–Crippen MR) is 73.0 cm³/mol. The van der Waals surface area contributed by atoms with Crippen LogP contribution in [0.3, 0.4) is 0 Å². The quantitative estimate of drug-likeness (QED) is 0.865. The van der Waals surface area contributed by atoms with E-state index in [2.05, 4.69) is 37.9 Å². The van der Waals surface area contributed by atoms with Gasteiger partial charge in [0.15, 0.2) is 0 Å². The van der Waals surface area contributed by atoms with Gasteiger partial charge in [0, 0.05) is 29.8 Å². The molecule has 3 atom stereocenters. The van der Waals surface area contributed by atoms with Gasteiger partial charge in [0.1, 0.15) is 5.82 Å². The Bertz CT molecular complexity index is 392. The van der Waals surface area contributed by atoms with Crippen LogP contribution in [0.15, 0.2) is 22.8 Å². The summed E-state index contributed by atoms with van der Waals surface area (Å²) < 4.78 is 1.04. The molecule has 1 aliphatic heterocycles. The fraction of sp³-hybridized carbons (Fsp3) is 0.615. The molecule has 0 amide bonds. The minimum absolute atomic E-state index is 0.397. The van der Waals surface area contributed by atoms with E-state index in [1.807, 2.05) is 6.20 Å². The van der Waals surface area contributed by atoms with Crippen molar-refractivity contribution < 1.29 is 0 Å². The van der Waals surface area contributed by atoms with Crippen LogP contribution in [0.2, 0.25) is 0 Å². The summed E-state index contributed by atoms with van der Waals surface area (Å²) in [5, 5.41) is 0.